The average molecular weight is 254 g/mol. The van der Waals surface area contributed by atoms with E-state index in [-0.39, 0.29) is 0 Å². The van der Waals surface area contributed by atoms with Gasteiger partial charge in [0.1, 0.15) is 5.82 Å². The lowest BCUT2D eigenvalue weighted by Gasteiger charge is -2.23. The number of piperidine rings is 1. The number of imidazole rings is 1. The largest absolute Gasteiger partial charge is 0.327 e. The van der Waals surface area contributed by atoms with Crippen molar-refractivity contribution in [2.75, 3.05) is 13.1 Å². The Morgan fingerprint density at radius 1 is 1.32 bits per heavy atom. The number of aromatic nitrogens is 2. The summed E-state index contributed by atoms with van der Waals surface area (Å²) in [6.45, 7) is 3.19. The summed E-state index contributed by atoms with van der Waals surface area (Å²) in [6.07, 6.45) is 2.80. The lowest BCUT2D eigenvalue weighted by Crippen LogP contribution is -2.30. The molecule has 1 aromatic carbocycles. The summed E-state index contributed by atoms with van der Waals surface area (Å²) >= 11 is 0. The summed E-state index contributed by atoms with van der Waals surface area (Å²) < 4.78 is 2.24. The van der Waals surface area contributed by atoms with Crippen LogP contribution in [0, 0.1) is 17.2 Å². The first-order valence-electron chi connectivity index (χ1n) is 6.90. The van der Waals surface area contributed by atoms with Gasteiger partial charge in [-0.1, -0.05) is 12.1 Å². The molecule has 1 N–H and O–H groups in total. The second-order valence-corrected chi connectivity index (χ2v) is 5.16. The van der Waals surface area contributed by atoms with Gasteiger partial charge in [0.2, 0.25) is 0 Å². The van der Waals surface area contributed by atoms with Crippen LogP contribution in [0.1, 0.15) is 18.7 Å². The van der Waals surface area contributed by atoms with E-state index in [9.17, 15) is 0 Å². The third-order valence-corrected chi connectivity index (χ3v) is 3.87. The summed E-state index contributed by atoms with van der Waals surface area (Å²) in [6, 6.07) is 10.4. The zero-order chi connectivity index (χ0) is 13.1. The van der Waals surface area contributed by atoms with Gasteiger partial charge in [-0.3, -0.25) is 0 Å². The van der Waals surface area contributed by atoms with Crippen molar-refractivity contribution in [2.24, 2.45) is 5.92 Å². The first kappa shape index (κ1) is 12.2. The molecule has 19 heavy (non-hydrogen) atoms. The van der Waals surface area contributed by atoms with E-state index in [0.29, 0.717) is 12.3 Å². The molecule has 0 saturated carbocycles. The van der Waals surface area contributed by atoms with Gasteiger partial charge in [-0.2, -0.15) is 5.26 Å². The number of benzene rings is 1. The number of hydrogen-bond donors (Lipinski definition) is 1. The smallest absolute Gasteiger partial charge is 0.124 e. The maximum atomic E-state index is 8.96. The van der Waals surface area contributed by atoms with Crippen molar-refractivity contribution in [3.63, 3.8) is 0 Å². The van der Waals surface area contributed by atoms with Crippen molar-refractivity contribution in [1.29, 1.82) is 5.26 Å². The van der Waals surface area contributed by atoms with Crippen LogP contribution in [-0.2, 0) is 13.0 Å². The standard InChI is InChI=1S/C15H18N4/c16-8-5-15-18-13-3-1-2-4-14(13)19(15)11-12-6-9-17-10-7-12/h1-4,12,17H,5-7,9-11H2. The summed E-state index contributed by atoms with van der Waals surface area (Å²) in [5, 5.41) is 12.4. The Hall–Kier alpha value is -1.86. The van der Waals surface area contributed by atoms with Crippen molar-refractivity contribution < 1.29 is 0 Å². The molecule has 3 rings (SSSR count). The highest BCUT2D eigenvalue weighted by atomic mass is 15.1. The highest BCUT2D eigenvalue weighted by molar-refractivity contribution is 5.75. The van der Waals surface area contributed by atoms with E-state index in [1.165, 1.54) is 12.8 Å². The zero-order valence-corrected chi connectivity index (χ0v) is 11.0. The fourth-order valence-corrected chi connectivity index (χ4v) is 2.86. The monoisotopic (exact) mass is 254 g/mol. The molecule has 2 aromatic rings. The number of para-hydroxylation sites is 2. The molecule has 1 aliphatic heterocycles. The lowest BCUT2D eigenvalue weighted by atomic mass is 9.98. The van der Waals surface area contributed by atoms with Crippen LogP contribution in [0.15, 0.2) is 24.3 Å². The Labute approximate surface area is 113 Å². The Balaban J connectivity index is 1.95. The van der Waals surface area contributed by atoms with Crippen LogP contribution in [0.5, 0.6) is 0 Å². The van der Waals surface area contributed by atoms with Crippen molar-refractivity contribution in [3.05, 3.63) is 30.1 Å². The van der Waals surface area contributed by atoms with E-state index < -0.39 is 0 Å². The van der Waals surface area contributed by atoms with Crippen LogP contribution < -0.4 is 5.32 Å². The molecule has 0 amide bonds. The highest BCUT2D eigenvalue weighted by Crippen LogP contribution is 2.21. The van der Waals surface area contributed by atoms with E-state index in [1.54, 1.807) is 0 Å². The van der Waals surface area contributed by atoms with Gasteiger partial charge in [-0.15, -0.1) is 0 Å². The minimum Gasteiger partial charge on any atom is -0.327 e. The number of nitrogens with zero attached hydrogens (tertiary/aromatic N) is 3. The maximum Gasteiger partial charge on any atom is 0.124 e. The van der Waals surface area contributed by atoms with Crippen molar-refractivity contribution >= 4 is 11.0 Å². The minimum atomic E-state index is 0.389. The van der Waals surface area contributed by atoms with Crippen LogP contribution in [0.2, 0.25) is 0 Å². The molecule has 0 radical (unpaired) electrons. The van der Waals surface area contributed by atoms with Gasteiger partial charge in [0, 0.05) is 6.54 Å². The SMILES string of the molecule is N#CCc1nc2ccccc2n1CC1CCNCC1. The van der Waals surface area contributed by atoms with E-state index in [1.807, 2.05) is 18.2 Å². The molecule has 98 valence electrons. The summed E-state index contributed by atoms with van der Waals surface area (Å²) in [7, 11) is 0. The summed E-state index contributed by atoms with van der Waals surface area (Å²) in [5.74, 6) is 1.60. The summed E-state index contributed by atoms with van der Waals surface area (Å²) in [4.78, 5) is 4.59. The van der Waals surface area contributed by atoms with Gasteiger partial charge in [-0.25, -0.2) is 4.98 Å². The highest BCUT2D eigenvalue weighted by Gasteiger charge is 2.17. The third kappa shape index (κ3) is 2.47. The van der Waals surface area contributed by atoms with Crippen molar-refractivity contribution in [1.82, 2.24) is 14.9 Å². The van der Waals surface area contributed by atoms with E-state index in [2.05, 4.69) is 27.0 Å². The van der Waals surface area contributed by atoms with Crippen LogP contribution in [0.3, 0.4) is 0 Å². The van der Waals surface area contributed by atoms with Gasteiger partial charge < -0.3 is 9.88 Å². The van der Waals surface area contributed by atoms with Crippen LogP contribution in [0.25, 0.3) is 11.0 Å². The Kier molecular flexibility index (Phi) is 3.47. The first-order chi connectivity index (χ1) is 9.38. The number of fused-ring (bicyclic) bond motifs is 1. The molecule has 1 aromatic heterocycles. The van der Waals surface area contributed by atoms with Crippen LogP contribution in [0.4, 0.5) is 0 Å². The molecule has 1 aliphatic rings. The molecule has 2 heterocycles. The fourth-order valence-electron chi connectivity index (χ4n) is 2.86. The number of rotatable bonds is 3. The minimum absolute atomic E-state index is 0.389. The normalized spacial score (nSPS) is 16.6. The average Bonchev–Trinajstić information content (AvgIpc) is 2.79. The molecule has 0 spiro atoms. The molecule has 0 atom stereocenters. The molecule has 1 saturated heterocycles. The van der Waals surface area contributed by atoms with E-state index >= 15 is 0 Å². The van der Waals surface area contributed by atoms with Crippen molar-refractivity contribution in [2.45, 2.75) is 25.8 Å². The quantitative estimate of drug-likeness (QED) is 0.912. The molecule has 0 unspecified atom stereocenters. The molecular weight excluding hydrogens is 236 g/mol. The fraction of sp³-hybridized carbons (Fsp3) is 0.467. The molecule has 4 heteroatoms. The lowest BCUT2D eigenvalue weighted by molar-refractivity contribution is 0.333. The number of nitrogens with one attached hydrogen (secondary N) is 1. The molecule has 4 nitrogen and oxygen atoms in total. The van der Waals surface area contributed by atoms with Gasteiger partial charge >= 0.3 is 0 Å². The Morgan fingerprint density at radius 3 is 2.89 bits per heavy atom. The van der Waals surface area contributed by atoms with Gasteiger partial charge in [0.25, 0.3) is 0 Å². The molecule has 1 fully saturated rings. The van der Waals surface area contributed by atoms with Crippen molar-refractivity contribution in [3.8, 4) is 6.07 Å². The topological polar surface area (TPSA) is 53.6 Å². The Bertz CT molecular complexity index is 602. The maximum absolute atomic E-state index is 8.96. The molecule has 0 aliphatic carbocycles. The number of nitriles is 1. The Morgan fingerprint density at radius 2 is 2.11 bits per heavy atom. The summed E-state index contributed by atoms with van der Waals surface area (Å²) in [5.41, 5.74) is 2.16. The second kappa shape index (κ2) is 5.41. The predicted molar refractivity (Wildman–Crippen MR) is 74.6 cm³/mol. The third-order valence-electron chi connectivity index (χ3n) is 3.87. The predicted octanol–water partition coefficient (Wildman–Crippen LogP) is 2.10. The molecule has 0 bridgehead atoms. The number of hydrogen-bond acceptors (Lipinski definition) is 3. The zero-order valence-electron chi connectivity index (χ0n) is 11.0. The van der Waals surface area contributed by atoms with Crippen LogP contribution in [-0.4, -0.2) is 22.6 Å². The van der Waals surface area contributed by atoms with Crippen LogP contribution >= 0.6 is 0 Å². The van der Waals surface area contributed by atoms with E-state index in [0.717, 1.165) is 36.5 Å². The first-order valence-corrected chi connectivity index (χ1v) is 6.90. The second-order valence-electron chi connectivity index (χ2n) is 5.16. The van der Waals surface area contributed by atoms with Gasteiger partial charge in [-0.05, 0) is 44.0 Å². The van der Waals surface area contributed by atoms with E-state index in [4.69, 9.17) is 5.26 Å². The van der Waals surface area contributed by atoms with Gasteiger partial charge in [0.15, 0.2) is 0 Å². The van der Waals surface area contributed by atoms with Gasteiger partial charge in [0.05, 0.1) is 23.5 Å². The molecular formula is C15H18N4.